The number of carbonyl (C=O) groups is 2. The van der Waals surface area contributed by atoms with Crippen LogP contribution in [0.5, 0.6) is 0 Å². The number of hydrogen-bond donors (Lipinski definition) is 2. The molecule has 0 saturated carbocycles. The number of hydrogen-bond acceptors (Lipinski definition) is 4. The first-order chi connectivity index (χ1) is 8.72. The number of amides is 4. The van der Waals surface area contributed by atoms with Crippen LogP contribution in [0.4, 0.5) is 9.59 Å². The number of rotatable bonds is 4. The Morgan fingerprint density at radius 3 is 3.11 bits per heavy atom. The van der Waals surface area contributed by atoms with Crippen LogP contribution >= 0.6 is 11.3 Å². The molecule has 1 aliphatic rings. The molecule has 1 atom stereocenters. The van der Waals surface area contributed by atoms with Gasteiger partial charge in [0.2, 0.25) is 0 Å². The largest absolute Gasteiger partial charge is 0.375 e. The summed E-state index contributed by atoms with van der Waals surface area (Å²) >= 11 is 1.58. The van der Waals surface area contributed by atoms with Crippen LogP contribution < -0.4 is 10.6 Å². The third-order valence-corrected chi connectivity index (χ3v) is 3.44. The lowest BCUT2D eigenvalue weighted by Crippen LogP contribution is -2.43. The molecule has 0 aromatic carbocycles. The Morgan fingerprint density at radius 1 is 1.72 bits per heavy atom. The van der Waals surface area contributed by atoms with Gasteiger partial charge in [0.1, 0.15) is 6.10 Å². The topological polar surface area (TPSA) is 70.7 Å². The van der Waals surface area contributed by atoms with E-state index in [-0.39, 0.29) is 18.2 Å². The highest BCUT2D eigenvalue weighted by Crippen LogP contribution is 2.18. The van der Waals surface area contributed by atoms with E-state index in [2.05, 4.69) is 10.6 Å². The van der Waals surface area contributed by atoms with Gasteiger partial charge >= 0.3 is 12.1 Å². The van der Waals surface area contributed by atoms with Gasteiger partial charge in [0.05, 0.1) is 0 Å². The van der Waals surface area contributed by atoms with E-state index < -0.39 is 0 Å². The minimum atomic E-state index is -0.387. The van der Waals surface area contributed by atoms with Crippen molar-refractivity contribution in [3.05, 3.63) is 22.4 Å². The second-order valence-corrected chi connectivity index (χ2v) is 4.63. The van der Waals surface area contributed by atoms with Gasteiger partial charge in [0, 0.05) is 26.7 Å². The summed E-state index contributed by atoms with van der Waals surface area (Å²) in [6, 6.07) is 1.22. The van der Waals surface area contributed by atoms with Gasteiger partial charge < -0.3 is 15.4 Å². The Labute approximate surface area is 109 Å². The molecule has 1 aromatic heterocycles. The molecule has 1 fully saturated rings. The fourth-order valence-electron chi connectivity index (χ4n) is 1.74. The summed E-state index contributed by atoms with van der Waals surface area (Å²) in [5, 5.41) is 9.21. The first-order valence-electron chi connectivity index (χ1n) is 5.60. The van der Waals surface area contributed by atoms with Crippen molar-refractivity contribution >= 4 is 23.4 Å². The summed E-state index contributed by atoms with van der Waals surface area (Å²) in [6.45, 7) is 1.25. The number of ether oxygens (including phenoxy) is 1. The first-order valence-corrected chi connectivity index (χ1v) is 6.54. The van der Waals surface area contributed by atoms with E-state index in [0.29, 0.717) is 19.6 Å². The van der Waals surface area contributed by atoms with Crippen molar-refractivity contribution < 1.29 is 14.3 Å². The number of nitrogens with zero attached hydrogens (tertiary/aromatic N) is 1. The summed E-state index contributed by atoms with van der Waals surface area (Å²) in [5.41, 5.74) is 1.02. The third kappa shape index (κ3) is 2.80. The lowest BCUT2D eigenvalue weighted by molar-refractivity contribution is 0.103. The maximum atomic E-state index is 11.7. The lowest BCUT2D eigenvalue weighted by atomic mass is 10.2. The zero-order valence-corrected chi connectivity index (χ0v) is 10.8. The van der Waals surface area contributed by atoms with Gasteiger partial charge in [-0.15, -0.1) is 0 Å². The maximum Gasteiger partial charge on any atom is 0.325 e. The molecule has 98 valence electrons. The van der Waals surface area contributed by atoms with Crippen molar-refractivity contribution in [3.8, 4) is 0 Å². The molecule has 2 rings (SSSR count). The predicted molar refractivity (Wildman–Crippen MR) is 67.6 cm³/mol. The molecule has 2 heterocycles. The second kappa shape index (κ2) is 5.83. The third-order valence-electron chi connectivity index (χ3n) is 2.74. The Morgan fingerprint density at radius 2 is 2.56 bits per heavy atom. The fraction of sp³-hybridized carbons (Fsp3) is 0.455. The molecule has 0 radical (unpaired) electrons. The van der Waals surface area contributed by atoms with Crippen LogP contribution in [0.15, 0.2) is 16.8 Å². The highest BCUT2D eigenvalue weighted by molar-refractivity contribution is 7.07. The monoisotopic (exact) mass is 269 g/mol. The van der Waals surface area contributed by atoms with Crippen molar-refractivity contribution in [2.45, 2.75) is 6.10 Å². The molecule has 18 heavy (non-hydrogen) atoms. The van der Waals surface area contributed by atoms with E-state index in [9.17, 15) is 9.59 Å². The molecular weight excluding hydrogens is 254 g/mol. The van der Waals surface area contributed by atoms with Crippen LogP contribution in [-0.2, 0) is 4.74 Å². The normalized spacial score (nSPS) is 16.5. The minimum Gasteiger partial charge on any atom is -0.375 e. The smallest absolute Gasteiger partial charge is 0.325 e. The predicted octanol–water partition coefficient (Wildman–Crippen LogP) is 1.17. The molecule has 0 spiro atoms. The quantitative estimate of drug-likeness (QED) is 0.862. The molecule has 1 aromatic rings. The summed E-state index contributed by atoms with van der Waals surface area (Å²) in [6.07, 6.45) is -0.189. The second-order valence-electron chi connectivity index (χ2n) is 3.85. The van der Waals surface area contributed by atoms with Gasteiger partial charge in [-0.3, -0.25) is 0 Å². The first kappa shape index (κ1) is 12.8. The van der Waals surface area contributed by atoms with Crippen molar-refractivity contribution in [2.75, 3.05) is 26.7 Å². The van der Waals surface area contributed by atoms with Crippen LogP contribution in [0.2, 0.25) is 0 Å². The minimum absolute atomic E-state index is 0.189. The van der Waals surface area contributed by atoms with E-state index >= 15 is 0 Å². The molecular formula is C11H15N3O3S. The number of thiophene rings is 1. The number of imide groups is 1. The standard InChI is InChI=1S/C11H15N3O3S/c1-17-9(8-2-5-18-7-8)6-13-11(16)14-4-3-12-10(14)15/h2,5,7,9H,3-4,6H2,1H3,(H,12,15)(H,13,16). The zero-order valence-electron chi connectivity index (χ0n) is 10.0. The van der Waals surface area contributed by atoms with E-state index in [0.717, 1.165) is 10.5 Å². The van der Waals surface area contributed by atoms with Crippen molar-refractivity contribution in [2.24, 2.45) is 0 Å². The van der Waals surface area contributed by atoms with Crippen molar-refractivity contribution in [1.29, 1.82) is 0 Å². The van der Waals surface area contributed by atoms with Gasteiger partial charge in [0.25, 0.3) is 0 Å². The number of methoxy groups -OCH3 is 1. The highest BCUT2D eigenvalue weighted by atomic mass is 32.1. The molecule has 0 aliphatic carbocycles. The molecule has 1 aliphatic heterocycles. The van der Waals surface area contributed by atoms with Gasteiger partial charge in [-0.1, -0.05) is 0 Å². The van der Waals surface area contributed by atoms with Gasteiger partial charge in [-0.05, 0) is 22.4 Å². The Kier molecular flexibility index (Phi) is 4.16. The Bertz CT molecular complexity index is 421. The van der Waals surface area contributed by atoms with E-state index in [1.165, 1.54) is 0 Å². The van der Waals surface area contributed by atoms with Crippen LogP contribution in [-0.4, -0.2) is 43.7 Å². The summed E-state index contributed by atoms with van der Waals surface area (Å²) in [5.74, 6) is 0. The lowest BCUT2D eigenvalue weighted by Gasteiger charge is -2.18. The molecule has 6 nitrogen and oxygen atoms in total. The molecule has 4 amide bonds. The molecule has 1 unspecified atom stereocenters. The summed E-state index contributed by atoms with van der Waals surface area (Å²) in [7, 11) is 1.59. The number of carbonyl (C=O) groups excluding carboxylic acids is 2. The maximum absolute atomic E-state index is 11.7. The molecule has 1 saturated heterocycles. The van der Waals surface area contributed by atoms with Crippen LogP contribution in [0.3, 0.4) is 0 Å². The van der Waals surface area contributed by atoms with Crippen molar-refractivity contribution in [1.82, 2.24) is 15.5 Å². The molecule has 7 heteroatoms. The highest BCUT2D eigenvalue weighted by Gasteiger charge is 2.26. The van der Waals surface area contributed by atoms with E-state index in [1.807, 2.05) is 16.8 Å². The van der Waals surface area contributed by atoms with Gasteiger partial charge in [-0.2, -0.15) is 11.3 Å². The number of nitrogens with one attached hydrogen (secondary N) is 2. The summed E-state index contributed by atoms with van der Waals surface area (Å²) < 4.78 is 5.31. The van der Waals surface area contributed by atoms with Gasteiger partial charge in [-0.25, -0.2) is 14.5 Å². The van der Waals surface area contributed by atoms with Crippen LogP contribution in [0, 0.1) is 0 Å². The van der Waals surface area contributed by atoms with Crippen molar-refractivity contribution in [3.63, 3.8) is 0 Å². The molecule has 2 N–H and O–H groups in total. The fourth-order valence-corrected chi connectivity index (χ4v) is 2.44. The Balaban J connectivity index is 1.86. The average molecular weight is 269 g/mol. The number of urea groups is 2. The SMILES string of the molecule is COC(CNC(=O)N1CCNC1=O)c1ccsc1. The van der Waals surface area contributed by atoms with Crippen LogP contribution in [0.1, 0.15) is 11.7 Å². The van der Waals surface area contributed by atoms with E-state index in [4.69, 9.17) is 4.74 Å². The van der Waals surface area contributed by atoms with E-state index in [1.54, 1.807) is 18.4 Å². The summed E-state index contributed by atoms with van der Waals surface area (Å²) in [4.78, 5) is 24.2. The Hall–Kier alpha value is -1.60. The average Bonchev–Trinajstić information content (AvgIpc) is 3.01. The molecule has 0 bridgehead atoms. The van der Waals surface area contributed by atoms with Gasteiger partial charge in [0.15, 0.2) is 0 Å². The zero-order chi connectivity index (χ0) is 13.0. The van der Waals surface area contributed by atoms with Crippen LogP contribution in [0.25, 0.3) is 0 Å².